The fourth-order valence-corrected chi connectivity index (χ4v) is 7.37. The Morgan fingerprint density at radius 1 is 0.604 bits per heavy atom. The number of H-pyrrole nitrogens is 1. The summed E-state index contributed by atoms with van der Waals surface area (Å²) in [6, 6.07) is 49.1. The van der Waals surface area contributed by atoms with Crippen molar-refractivity contribution < 1.29 is 4.11 Å². The summed E-state index contributed by atoms with van der Waals surface area (Å²) >= 11 is 0. The highest BCUT2D eigenvalue weighted by molar-refractivity contribution is 6.14. The van der Waals surface area contributed by atoms with Gasteiger partial charge in [-0.05, 0) is 72.6 Å². The van der Waals surface area contributed by atoms with E-state index in [9.17, 15) is 0 Å². The van der Waals surface area contributed by atoms with E-state index in [0.29, 0.717) is 10.9 Å². The standard InChI is InChI=1S/C43H29N5/c1-27-21-23-34(42-40(27)33-15-5-7-17-35(33)45-42)43-46-41-30(16-11-19-37(41)47(43)29-12-3-2-4-13-29)28-22-24-32-31-14-6-8-18-36(31)48(38(32)26-28)39-20-9-10-25-44-39/h2-26,45H,1H3/i1D3. The lowest BCUT2D eigenvalue weighted by molar-refractivity contribution is 1.08. The lowest BCUT2D eigenvalue weighted by Crippen LogP contribution is -1.98. The fraction of sp³-hybridized carbons (Fsp3) is 0.0233. The highest BCUT2D eigenvalue weighted by Crippen LogP contribution is 2.41. The van der Waals surface area contributed by atoms with Crippen molar-refractivity contribution in [3.05, 3.63) is 157 Å². The first-order valence-corrected chi connectivity index (χ1v) is 16.0. The first kappa shape index (κ1) is 23.8. The highest BCUT2D eigenvalue weighted by atomic mass is 15.1. The molecule has 0 aliphatic heterocycles. The third kappa shape index (κ3) is 3.85. The Labute approximate surface area is 280 Å². The molecular weight excluding hydrogens is 587 g/mol. The maximum atomic E-state index is 8.39. The number of pyridine rings is 1. The largest absolute Gasteiger partial charge is 0.354 e. The third-order valence-corrected chi connectivity index (χ3v) is 9.46. The topological polar surface area (TPSA) is 51.4 Å². The molecule has 0 unspecified atom stereocenters. The molecule has 4 heterocycles. The minimum atomic E-state index is -2.29. The second-order valence-electron chi connectivity index (χ2n) is 12.1. The van der Waals surface area contributed by atoms with Crippen LogP contribution in [0.1, 0.15) is 9.68 Å². The van der Waals surface area contributed by atoms with Gasteiger partial charge in [0, 0.05) is 54.2 Å². The monoisotopic (exact) mass is 618 g/mol. The summed E-state index contributed by atoms with van der Waals surface area (Å²) in [4.78, 5) is 13.7. The summed E-state index contributed by atoms with van der Waals surface area (Å²) in [5.41, 5.74) is 9.72. The zero-order valence-electron chi connectivity index (χ0n) is 28.7. The summed E-state index contributed by atoms with van der Waals surface area (Å²) in [5, 5.41) is 3.89. The number of para-hydroxylation sites is 4. The van der Waals surface area contributed by atoms with Gasteiger partial charge in [-0.25, -0.2) is 9.97 Å². The number of aromatic nitrogens is 5. The molecule has 10 rings (SSSR count). The van der Waals surface area contributed by atoms with Crippen molar-refractivity contribution >= 4 is 54.6 Å². The number of aryl methyl sites for hydroxylation is 1. The number of aromatic amines is 1. The van der Waals surface area contributed by atoms with E-state index < -0.39 is 6.85 Å². The van der Waals surface area contributed by atoms with Gasteiger partial charge in [-0.1, -0.05) is 91.0 Å². The molecule has 0 fully saturated rings. The van der Waals surface area contributed by atoms with E-state index >= 15 is 0 Å². The van der Waals surface area contributed by atoms with Gasteiger partial charge in [0.25, 0.3) is 0 Å². The van der Waals surface area contributed by atoms with Crippen LogP contribution in [-0.2, 0) is 0 Å². The van der Waals surface area contributed by atoms with Crippen molar-refractivity contribution in [3.8, 4) is 34.0 Å². The summed E-state index contributed by atoms with van der Waals surface area (Å²) < 4.78 is 29.6. The van der Waals surface area contributed by atoms with Gasteiger partial charge < -0.3 is 4.98 Å². The number of nitrogens with one attached hydrogen (secondary N) is 1. The van der Waals surface area contributed by atoms with Crippen LogP contribution in [0.2, 0.25) is 0 Å². The Morgan fingerprint density at radius 3 is 2.27 bits per heavy atom. The minimum Gasteiger partial charge on any atom is -0.354 e. The van der Waals surface area contributed by atoms with Crippen molar-refractivity contribution in [2.75, 3.05) is 0 Å². The summed E-state index contributed by atoms with van der Waals surface area (Å²) in [7, 11) is 0. The second-order valence-corrected chi connectivity index (χ2v) is 12.1. The van der Waals surface area contributed by atoms with Crippen LogP contribution in [0.4, 0.5) is 0 Å². The second kappa shape index (κ2) is 10.3. The molecule has 48 heavy (non-hydrogen) atoms. The Kier molecular flexibility index (Phi) is 5.10. The molecule has 4 aromatic heterocycles. The number of hydrogen-bond acceptors (Lipinski definition) is 2. The molecule has 1 N–H and O–H groups in total. The van der Waals surface area contributed by atoms with Crippen molar-refractivity contribution in [2.24, 2.45) is 0 Å². The SMILES string of the molecule is [2H]C([2H])([2H])c1ccc(-c2nc3c(-c4ccc5c6ccccc6n(-c6ccccn6)c5c4)cccc3n2-c2ccccc2)c2[nH]c3ccccc3c12. The van der Waals surface area contributed by atoms with Gasteiger partial charge in [0.1, 0.15) is 11.6 Å². The quantitative estimate of drug-likeness (QED) is 0.213. The van der Waals surface area contributed by atoms with Gasteiger partial charge in [0.2, 0.25) is 0 Å². The molecule has 226 valence electrons. The van der Waals surface area contributed by atoms with E-state index in [1.807, 2.05) is 72.9 Å². The number of nitrogens with zero attached hydrogens (tertiary/aromatic N) is 4. The molecule has 0 amide bonds. The lowest BCUT2D eigenvalue weighted by atomic mass is 10.0. The van der Waals surface area contributed by atoms with Crippen LogP contribution in [0.3, 0.4) is 0 Å². The van der Waals surface area contributed by atoms with Gasteiger partial charge in [0.05, 0.1) is 27.6 Å². The molecular formula is C43H29N5. The molecule has 6 aromatic carbocycles. The molecule has 0 atom stereocenters. The molecule has 0 radical (unpaired) electrons. The molecule has 0 aliphatic carbocycles. The van der Waals surface area contributed by atoms with Crippen LogP contribution in [0.15, 0.2) is 152 Å². The molecule has 0 saturated carbocycles. The average Bonchev–Trinajstić information content (AvgIpc) is 3.84. The van der Waals surface area contributed by atoms with Gasteiger partial charge in [-0.2, -0.15) is 0 Å². The Hall–Kier alpha value is -6.46. The van der Waals surface area contributed by atoms with E-state index in [4.69, 9.17) is 14.1 Å². The molecule has 0 bridgehead atoms. The number of benzene rings is 6. The number of fused-ring (bicyclic) bond motifs is 7. The van der Waals surface area contributed by atoms with Crippen LogP contribution in [0.5, 0.6) is 0 Å². The van der Waals surface area contributed by atoms with Gasteiger partial charge in [-0.3, -0.25) is 9.13 Å². The van der Waals surface area contributed by atoms with E-state index in [0.717, 1.165) is 77.9 Å². The van der Waals surface area contributed by atoms with Gasteiger partial charge in [0.15, 0.2) is 0 Å². The van der Waals surface area contributed by atoms with E-state index in [-0.39, 0.29) is 0 Å². The Balaban J connectivity index is 1.27. The molecule has 0 aliphatic rings. The van der Waals surface area contributed by atoms with Gasteiger partial charge >= 0.3 is 0 Å². The fourth-order valence-electron chi connectivity index (χ4n) is 7.37. The van der Waals surface area contributed by atoms with Gasteiger partial charge in [-0.15, -0.1) is 0 Å². The normalized spacial score (nSPS) is 13.0. The predicted molar refractivity (Wildman–Crippen MR) is 198 cm³/mol. The number of rotatable bonds is 4. The lowest BCUT2D eigenvalue weighted by Gasteiger charge is -2.11. The average molecular weight is 619 g/mol. The number of imidazole rings is 1. The van der Waals surface area contributed by atoms with Crippen LogP contribution in [0.25, 0.3) is 88.7 Å². The first-order valence-electron chi connectivity index (χ1n) is 17.5. The maximum absolute atomic E-state index is 8.39. The third-order valence-electron chi connectivity index (χ3n) is 9.46. The first-order chi connectivity index (χ1) is 25.0. The molecule has 5 nitrogen and oxygen atoms in total. The zero-order valence-corrected chi connectivity index (χ0v) is 25.7. The summed E-state index contributed by atoms with van der Waals surface area (Å²) in [6.07, 6.45) is 1.83. The van der Waals surface area contributed by atoms with Crippen molar-refractivity contribution in [2.45, 2.75) is 6.85 Å². The van der Waals surface area contributed by atoms with E-state index in [1.54, 1.807) is 6.07 Å². The van der Waals surface area contributed by atoms with Crippen LogP contribution in [-0.4, -0.2) is 24.1 Å². The van der Waals surface area contributed by atoms with Crippen molar-refractivity contribution in [1.82, 2.24) is 24.1 Å². The van der Waals surface area contributed by atoms with Crippen LogP contribution >= 0.6 is 0 Å². The van der Waals surface area contributed by atoms with E-state index in [2.05, 4.69) is 86.9 Å². The number of hydrogen-bond donors (Lipinski definition) is 1. The predicted octanol–water partition coefficient (Wildman–Crippen LogP) is 10.8. The summed E-state index contributed by atoms with van der Waals surface area (Å²) in [5.74, 6) is 1.58. The van der Waals surface area contributed by atoms with Crippen LogP contribution < -0.4 is 0 Å². The zero-order chi connectivity index (χ0) is 34.3. The minimum absolute atomic E-state index is 0.318. The van der Waals surface area contributed by atoms with Crippen molar-refractivity contribution in [3.63, 3.8) is 0 Å². The Bertz CT molecular complexity index is 2950. The molecule has 10 aromatic rings. The molecule has 0 spiro atoms. The molecule has 0 saturated heterocycles. The highest BCUT2D eigenvalue weighted by Gasteiger charge is 2.22. The smallest absolute Gasteiger partial charge is 0.147 e. The maximum Gasteiger partial charge on any atom is 0.147 e. The van der Waals surface area contributed by atoms with Crippen molar-refractivity contribution in [1.29, 1.82) is 0 Å². The Morgan fingerprint density at radius 2 is 1.40 bits per heavy atom. The summed E-state index contributed by atoms with van der Waals surface area (Å²) in [6.45, 7) is -2.29. The van der Waals surface area contributed by atoms with Crippen LogP contribution in [0, 0.1) is 6.85 Å². The molecule has 5 heteroatoms. The van der Waals surface area contributed by atoms with E-state index in [1.165, 1.54) is 5.39 Å².